The molecule has 0 saturated heterocycles. The maximum absolute atomic E-state index is 6.04. The smallest absolute Gasteiger partial charge is 0.126 e. The number of rotatable bonds is 4. The summed E-state index contributed by atoms with van der Waals surface area (Å²) in [4.78, 5) is 0. The maximum Gasteiger partial charge on any atom is 0.126 e. The first kappa shape index (κ1) is 14.8. The van der Waals surface area contributed by atoms with E-state index in [-0.39, 0.29) is 18.4 Å². The summed E-state index contributed by atoms with van der Waals surface area (Å²) >= 11 is 0. The summed E-state index contributed by atoms with van der Waals surface area (Å²) in [6, 6.07) is 12.7. The molecule has 0 aliphatic carbocycles. The van der Waals surface area contributed by atoms with Crippen LogP contribution >= 0.6 is 12.4 Å². The molecule has 3 heteroatoms. The lowest BCUT2D eigenvalue weighted by atomic mass is 9.97. The highest BCUT2D eigenvalue weighted by atomic mass is 35.5. The molecule has 0 saturated carbocycles. The highest BCUT2D eigenvalue weighted by molar-refractivity contribution is 5.91. The van der Waals surface area contributed by atoms with Crippen molar-refractivity contribution in [2.24, 2.45) is 5.73 Å². The van der Waals surface area contributed by atoms with Crippen LogP contribution < -0.4 is 10.5 Å². The number of ether oxygens (including phenoxy) is 1. The molecule has 1 atom stereocenters. The molecule has 2 aromatic carbocycles. The fourth-order valence-electron chi connectivity index (χ4n) is 2.12. The Bertz CT molecular complexity index is 513. The third kappa shape index (κ3) is 2.95. The van der Waals surface area contributed by atoms with Gasteiger partial charge in [-0.05, 0) is 29.9 Å². The van der Waals surface area contributed by atoms with E-state index in [1.54, 1.807) is 7.11 Å². The molecule has 0 fully saturated rings. The van der Waals surface area contributed by atoms with Crippen molar-refractivity contribution in [2.75, 3.05) is 7.11 Å². The summed E-state index contributed by atoms with van der Waals surface area (Å²) in [6.45, 7) is 2.12. The zero-order valence-electron chi connectivity index (χ0n) is 10.8. The number of hydrogen-bond acceptors (Lipinski definition) is 2. The molecule has 2 aromatic rings. The van der Waals surface area contributed by atoms with Crippen LogP contribution in [0.5, 0.6) is 5.75 Å². The topological polar surface area (TPSA) is 35.2 Å². The zero-order valence-corrected chi connectivity index (χ0v) is 11.7. The van der Waals surface area contributed by atoms with Gasteiger partial charge in [-0.2, -0.15) is 0 Å². The first-order chi connectivity index (χ1) is 8.26. The number of methoxy groups -OCH3 is 1. The number of hydrogen-bond donors (Lipinski definition) is 1. The van der Waals surface area contributed by atoms with Crippen molar-refractivity contribution in [1.82, 2.24) is 0 Å². The third-order valence-corrected chi connectivity index (χ3v) is 3.20. The molecule has 0 bridgehead atoms. The Morgan fingerprint density at radius 2 is 1.78 bits per heavy atom. The Kier molecular flexibility index (Phi) is 5.45. The van der Waals surface area contributed by atoms with E-state index in [2.05, 4.69) is 31.2 Å². The first-order valence-corrected chi connectivity index (χ1v) is 6.06. The van der Waals surface area contributed by atoms with Gasteiger partial charge in [-0.25, -0.2) is 0 Å². The van der Waals surface area contributed by atoms with Gasteiger partial charge in [0.1, 0.15) is 5.75 Å². The first-order valence-electron chi connectivity index (χ1n) is 6.06. The molecule has 1 unspecified atom stereocenters. The Balaban J connectivity index is 0.00000162. The fraction of sp³-hybridized carbons (Fsp3) is 0.333. The molecule has 0 heterocycles. The predicted molar refractivity (Wildman–Crippen MR) is 79.7 cm³/mol. The molecule has 0 aliphatic heterocycles. The summed E-state index contributed by atoms with van der Waals surface area (Å²) < 4.78 is 5.38. The van der Waals surface area contributed by atoms with Crippen LogP contribution in [0.15, 0.2) is 36.4 Å². The van der Waals surface area contributed by atoms with Crippen molar-refractivity contribution >= 4 is 23.2 Å². The molecule has 2 N–H and O–H groups in total. The minimum Gasteiger partial charge on any atom is -0.496 e. The SMILES string of the molecule is CCC(N)Cc1ccc(OC)c2ccccc12.Cl. The minimum absolute atomic E-state index is 0. The highest BCUT2D eigenvalue weighted by Crippen LogP contribution is 2.28. The molecule has 0 aliphatic rings. The molecule has 2 rings (SSSR count). The Hall–Kier alpha value is -1.25. The van der Waals surface area contributed by atoms with E-state index in [9.17, 15) is 0 Å². The van der Waals surface area contributed by atoms with Gasteiger partial charge in [0.2, 0.25) is 0 Å². The van der Waals surface area contributed by atoms with Gasteiger partial charge in [0.25, 0.3) is 0 Å². The average Bonchev–Trinajstić information content (AvgIpc) is 2.39. The third-order valence-electron chi connectivity index (χ3n) is 3.20. The van der Waals surface area contributed by atoms with E-state index in [1.165, 1.54) is 10.9 Å². The van der Waals surface area contributed by atoms with Crippen LogP contribution in [0.2, 0.25) is 0 Å². The van der Waals surface area contributed by atoms with E-state index in [1.807, 2.05) is 12.1 Å². The summed E-state index contributed by atoms with van der Waals surface area (Å²) in [5.74, 6) is 0.925. The standard InChI is InChI=1S/C15H19NO.ClH/c1-3-12(16)10-11-8-9-15(17-2)14-7-5-4-6-13(11)14;/h4-9,12H,3,10,16H2,1-2H3;1H. The van der Waals surface area contributed by atoms with Gasteiger partial charge in [-0.3, -0.25) is 0 Å². The van der Waals surface area contributed by atoms with Crippen molar-refractivity contribution in [3.63, 3.8) is 0 Å². The van der Waals surface area contributed by atoms with Gasteiger partial charge in [0.15, 0.2) is 0 Å². The van der Waals surface area contributed by atoms with E-state index in [0.717, 1.165) is 24.0 Å². The second-order valence-corrected chi connectivity index (χ2v) is 4.34. The fourth-order valence-corrected chi connectivity index (χ4v) is 2.12. The Labute approximate surface area is 115 Å². The normalized spacial score (nSPS) is 11.9. The number of nitrogens with two attached hydrogens (primary N) is 1. The molecule has 2 nitrogen and oxygen atoms in total. The Morgan fingerprint density at radius 3 is 2.39 bits per heavy atom. The van der Waals surface area contributed by atoms with Crippen LogP contribution in [0.25, 0.3) is 10.8 Å². The molecule has 0 amide bonds. The van der Waals surface area contributed by atoms with E-state index in [0.29, 0.717) is 0 Å². The van der Waals surface area contributed by atoms with Crippen molar-refractivity contribution < 1.29 is 4.74 Å². The van der Waals surface area contributed by atoms with Crippen molar-refractivity contribution in [1.29, 1.82) is 0 Å². The second-order valence-electron chi connectivity index (χ2n) is 4.34. The quantitative estimate of drug-likeness (QED) is 0.918. The zero-order chi connectivity index (χ0) is 12.3. The monoisotopic (exact) mass is 265 g/mol. The molecular weight excluding hydrogens is 246 g/mol. The van der Waals surface area contributed by atoms with Crippen molar-refractivity contribution in [2.45, 2.75) is 25.8 Å². The van der Waals surface area contributed by atoms with Gasteiger partial charge in [0, 0.05) is 11.4 Å². The number of benzene rings is 2. The van der Waals surface area contributed by atoms with Crippen LogP contribution in [0.1, 0.15) is 18.9 Å². The van der Waals surface area contributed by atoms with Crippen LogP contribution in [0.3, 0.4) is 0 Å². The van der Waals surface area contributed by atoms with Crippen LogP contribution in [0, 0.1) is 0 Å². The number of fused-ring (bicyclic) bond motifs is 1. The van der Waals surface area contributed by atoms with Crippen molar-refractivity contribution in [3.8, 4) is 5.75 Å². The Morgan fingerprint density at radius 1 is 1.11 bits per heavy atom. The van der Waals surface area contributed by atoms with E-state index < -0.39 is 0 Å². The summed E-state index contributed by atoms with van der Waals surface area (Å²) in [6.07, 6.45) is 1.92. The maximum atomic E-state index is 6.04. The number of halogens is 1. The van der Waals surface area contributed by atoms with Gasteiger partial charge in [0.05, 0.1) is 7.11 Å². The lowest BCUT2D eigenvalue weighted by Crippen LogP contribution is -2.21. The van der Waals surface area contributed by atoms with Gasteiger partial charge in [-0.1, -0.05) is 37.3 Å². The second kappa shape index (κ2) is 6.62. The predicted octanol–water partition coefficient (Wildman–Crippen LogP) is 3.55. The molecule has 0 aromatic heterocycles. The molecule has 98 valence electrons. The van der Waals surface area contributed by atoms with Gasteiger partial charge >= 0.3 is 0 Å². The van der Waals surface area contributed by atoms with Crippen molar-refractivity contribution in [3.05, 3.63) is 42.0 Å². The van der Waals surface area contributed by atoms with Gasteiger partial charge < -0.3 is 10.5 Å². The minimum atomic E-state index is 0. The summed E-state index contributed by atoms with van der Waals surface area (Å²) in [7, 11) is 1.71. The van der Waals surface area contributed by atoms with Crippen LogP contribution in [-0.4, -0.2) is 13.2 Å². The van der Waals surface area contributed by atoms with E-state index in [4.69, 9.17) is 10.5 Å². The average molecular weight is 266 g/mol. The summed E-state index contributed by atoms with van der Waals surface area (Å²) in [5, 5.41) is 2.41. The lowest BCUT2D eigenvalue weighted by molar-refractivity contribution is 0.419. The van der Waals surface area contributed by atoms with E-state index >= 15 is 0 Å². The molecule has 0 radical (unpaired) electrons. The van der Waals surface area contributed by atoms with Crippen LogP contribution in [-0.2, 0) is 6.42 Å². The molecule has 18 heavy (non-hydrogen) atoms. The van der Waals surface area contributed by atoms with Gasteiger partial charge in [-0.15, -0.1) is 12.4 Å². The molecule has 0 spiro atoms. The summed E-state index contributed by atoms with van der Waals surface area (Å²) in [5.41, 5.74) is 7.34. The molecular formula is C15H20ClNO. The van der Waals surface area contributed by atoms with Crippen LogP contribution in [0.4, 0.5) is 0 Å². The largest absolute Gasteiger partial charge is 0.496 e. The highest BCUT2D eigenvalue weighted by Gasteiger charge is 2.08. The lowest BCUT2D eigenvalue weighted by Gasteiger charge is -2.13.